The van der Waals surface area contributed by atoms with E-state index in [1.54, 1.807) is 42.6 Å². The number of nitrogens with zero attached hydrogens (tertiary/aromatic N) is 4. The zero-order chi connectivity index (χ0) is 23.0. The van der Waals surface area contributed by atoms with Crippen molar-refractivity contribution in [3.8, 4) is 0 Å². The van der Waals surface area contributed by atoms with Crippen LogP contribution in [-0.2, 0) is 16.1 Å². The predicted molar refractivity (Wildman–Crippen MR) is 123 cm³/mol. The lowest BCUT2D eigenvalue weighted by molar-refractivity contribution is -0.135. The Bertz CT molecular complexity index is 1160. The maximum atomic E-state index is 13.0. The van der Waals surface area contributed by atoms with Gasteiger partial charge in [-0.25, -0.2) is 14.8 Å². The van der Waals surface area contributed by atoms with Gasteiger partial charge in [-0.3, -0.25) is 4.79 Å². The highest BCUT2D eigenvalue weighted by Gasteiger charge is 2.29. The number of esters is 1. The van der Waals surface area contributed by atoms with E-state index in [0.717, 1.165) is 42.0 Å². The second kappa shape index (κ2) is 8.90. The first kappa shape index (κ1) is 22.3. The molecule has 1 aliphatic heterocycles. The highest BCUT2D eigenvalue weighted by atomic mass is 32.1. The summed E-state index contributed by atoms with van der Waals surface area (Å²) < 4.78 is 10.4. The molecule has 0 radical (unpaired) electrons. The van der Waals surface area contributed by atoms with Gasteiger partial charge in [0.25, 0.3) is 0 Å². The quantitative estimate of drug-likeness (QED) is 0.539. The number of methoxy groups -OCH3 is 1. The Morgan fingerprint density at radius 2 is 1.97 bits per heavy atom. The highest BCUT2D eigenvalue weighted by Crippen LogP contribution is 2.35. The van der Waals surface area contributed by atoms with Gasteiger partial charge in [0.15, 0.2) is 0 Å². The minimum absolute atomic E-state index is 0.0463. The zero-order valence-electron chi connectivity index (χ0n) is 19.1. The van der Waals surface area contributed by atoms with Crippen LogP contribution < -0.4 is 4.90 Å². The fraction of sp³-hybridized carbons (Fsp3) is 0.478. The number of ether oxygens (including phenoxy) is 1. The van der Waals surface area contributed by atoms with Crippen molar-refractivity contribution in [2.75, 3.05) is 32.1 Å². The van der Waals surface area contributed by atoms with E-state index < -0.39 is 5.97 Å². The summed E-state index contributed by atoms with van der Waals surface area (Å²) in [5.41, 5.74) is 1.63. The van der Waals surface area contributed by atoms with Gasteiger partial charge >= 0.3 is 5.97 Å². The number of furan rings is 1. The van der Waals surface area contributed by atoms with E-state index in [2.05, 4.69) is 28.7 Å². The molecule has 0 N–H and O–H groups in total. The third-order valence-corrected chi connectivity index (χ3v) is 7.35. The van der Waals surface area contributed by atoms with Crippen molar-refractivity contribution in [1.82, 2.24) is 14.9 Å². The van der Waals surface area contributed by atoms with Crippen molar-refractivity contribution in [2.24, 2.45) is 5.92 Å². The van der Waals surface area contributed by atoms with Gasteiger partial charge in [-0.15, -0.1) is 11.3 Å². The van der Waals surface area contributed by atoms with Crippen molar-refractivity contribution in [2.45, 2.75) is 40.2 Å². The van der Waals surface area contributed by atoms with Crippen LogP contribution in [0.1, 0.15) is 45.2 Å². The van der Waals surface area contributed by atoms with Crippen LogP contribution in [0.4, 0.5) is 5.82 Å². The molecule has 8 nitrogen and oxygen atoms in total. The molecule has 1 aliphatic rings. The molecule has 3 aromatic rings. The molecule has 9 heteroatoms. The normalized spacial score (nSPS) is 14.7. The summed E-state index contributed by atoms with van der Waals surface area (Å²) in [5, 5.41) is 1.13. The van der Waals surface area contributed by atoms with Crippen molar-refractivity contribution < 1.29 is 18.7 Å². The summed E-state index contributed by atoms with van der Waals surface area (Å²) in [4.78, 5) is 40.1. The largest absolute Gasteiger partial charge is 0.465 e. The van der Waals surface area contributed by atoms with Crippen molar-refractivity contribution in [1.29, 1.82) is 0 Å². The minimum Gasteiger partial charge on any atom is -0.465 e. The highest BCUT2D eigenvalue weighted by molar-refractivity contribution is 7.18. The molecule has 0 spiro atoms. The standard InChI is InChI=1S/C23H28N4O4S/c1-13-15(3)32-21-19(13)20(24-12-25-21)27-8-6-16(7-9-27)22(28)26(4)11-17-10-18(14(2)31-17)23(29)30-5/h10,12,16H,6-9,11H2,1-5H3. The minimum atomic E-state index is -0.436. The fourth-order valence-electron chi connectivity index (χ4n) is 4.30. The third kappa shape index (κ3) is 4.09. The Hall–Kier alpha value is -2.94. The average Bonchev–Trinajstić information content (AvgIpc) is 3.31. The molecule has 1 fully saturated rings. The lowest BCUT2D eigenvalue weighted by Crippen LogP contribution is -2.41. The van der Waals surface area contributed by atoms with Gasteiger partial charge in [0, 0.05) is 30.9 Å². The first-order valence-corrected chi connectivity index (χ1v) is 11.5. The van der Waals surface area contributed by atoms with Gasteiger partial charge < -0.3 is 19.0 Å². The number of thiophene rings is 1. The van der Waals surface area contributed by atoms with E-state index in [4.69, 9.17) is 9.15 Å². The Balaban J connectivity index is 1.40. The molecule has 170 valence electrons. The summed E-state index contributed by atoms with van der Waals surface area (Å²) >= 11 is 1.70. The molecule has 3 aromatic heterocycles. The number of aromatic nitrogens is 2. The Morgan fingerprint density at radius 1 is 1.25 bits per heavy atom. The molecule has 0 atom stereocenters. The molecule has 4 rings (SSSR count). The maximum absolute atomic E-state index is 13.0. The van der Waals surface area contributed by atoms with Crippen LogP contribution in [0.25, 0.3) is 10.2 Å². The lowest BCUT2D eigenvalue weighted by atomic mass is 9.95. The number of aryl methyl sites for hydroxylation is 3. The first-order chi connectivity index (χ1) is 15.3. The molecule has 1 amide bonds. The number of rotatable bonds is 5. The van der Waals surface area contributed by atoms with Crippen LogP contribution in [0.5, 0.6) is 0 Å². The second-order valence-corrected chi connectivity index (χ2v) is 9.49. The lowest BCUT2D eigenvalue weighted by Gasteiger charge is -2.34. The van der Waals surface area contributed by atoms with Crippen molar-refractivity contribution >= 4 is 39.2 Å². The summed E-state index contributed by atoms with van der Waals surface area (Å²) in [5.74, 6) is 1.65. The summed E-state index contributed by atoms with van der Waals surface area (Å²) in [7, 11) is 3.11. The molecular weight excluding hydrogens is 428 g/mol. The monoisotopic (exact) mass is 456 g/mol. The van der Waals surface area contributed by atoms with Gasteiger partial charge in [-0.1, -0.05) is 0 Å². The van der Waals surface area contributed by atoms with Crippen LogP contribution >= 0.6 is 11.3 Å². The van der Waals surface area contributed by atoms with Gasteiger partial charge in [-0.2, -0.15) is 0 Å². The number of amides is 1. The van der Waals surface area contributed by atoms with Crippen LogP contribution in [0, 0.1) is 26.7 Å². The van der Waals surface area contributed by atoms with Crippen LogP contribution in [0.3, 0.4) is 0 Å². The summed E-state index contributed by atoms with van der Waals surface area (Å²) in [6, 6.07) is 1.65. The topological polar surface area (TPSA) is 88.8 Å². The van der Waals surface area contributed by atoms with E-state index in [0.29, 0.717) is 23.6 Å². The molecule has 4 heterocycles. The molecule has 0 unspecified atom stereocenters. The SMILES string of the molecule is COC(=O)c1cc(CN(C)C(=O)C2CCN(c3ncnc4sc(C)c(C)c34)CC2)oc1C. The van der Waals surface area contributed by atoms with E-state index in [1.165, 1.54) is 17.6 Å². The van der Waals surface area contributed by atoms with Crippen LogP contribution in [0.2, 0.25) is 0 Å². The number of anilines is 1. The Labute approximate surface area is 191 Å². The average molecular weight is 457 g/mol. The second-order valence-electron chi connectivity index (χ2n) is 8.29. The number of carbonyl (C=O) groups is 2. The van der Waals surface area contributed by atoms with E-state index in [-0.39, 0.29) is 11.8 Å². The van der Waals surface area contributed by atoms with Crippen molar-refractivity contribution in [3.63, 3.8) is 0 Å². The maximum Gasteiger partial charge on any atom is 0.341 e. The van der Waals surface area contributed by atoms with Gasteiger partial charge in [-0.05, 0) is 45.2 Å². The number of fused-ring (bicyclic) bond motifs is 1. The summed E-state index contributed by atoms with van der Waals surface area (Å²) in [6.45, 7) is 7.81. The van der Waals surface area contributed by atoms with Crippen molar-refractivity contribution in [3.05, 3.63) is 39.9 Å². The molecule has 0 aliphatic carbocycles. The molecule has 0 aromatic carbocycles. The number of hydrogen-bond acceptors (Lipinski definition) is 8. The van der Waals surface area contributed by atoms with E-state index in [9.17, 15) is 9.59 Å². The van der Waals surface area contributed by atoms with Crippen LogP contribution in [-0.4, -0.2) is 54.0 Å². The number of hydrogen-bond donors (Lipinski definition) is 0. The third-order valence-electron chi connectivity index (χ3n) is 6.23. The number of carbonyl (C=O) groups excluding carboxylic acids is 2. The number of piperidine rings is 1. The first-order valence-electron chi connectivity index (χ1n) is 10.7. The smallest absolute Gasteiger partial charge is 0.341 e. The molecular formula is C23H28N4O4S. The van der Waals surface area contributed by atoms with E-state index in [1.807, 2.05) is 0 Å². The molecule has 0 saturated carbocycles. The predicted octanol–water partition coefficient (Wildman–Crippen LogP) is 3.87. The van der Waals surface area contributed by atoms with Crippen LogP contribution in [0.15, 0.2) is 16.8 Å². The summed E-state index contributed by atoms with van der Waals surface area (Å²) in [6.07, 6.45) is 3.16. The molecule has 1 saturated heterocycles. The van der Waals surface area contributed by atoms with Gasteiger partial charge in [0.2, 0.25) is 5.91 Å². The molecule has 0 bridgehead atoms. The molecule has 32 heavy (non-hydrogen) atoms. The Morgan fingerprint density at radius 3 is 2.66 bits per heavy atom. The fourth-order valence-corrected chi connectivity index (χ4v) is 5.29. The van der Waals surface area contributed by atoms with Gasteiger partial charge in [0.1, 0.15) is 34.1 Å². The van der Waals surface area contributed by atoms with E-state index >= 15 is 0 Å². The Kier molecular flexibility index (Phi) is 6.19. The zero-order valence-corrected chi connectivity index (χ0v) is 19.9. The van der Waals surface area contributed by atoms with Gasteiger partial charge in [0.05, 0.1) is 19.0 Å².